The monoisotopic (exact) mass is 404 g/mol. The molecule has 6 heteroatoms. The van der Waals surface area contributed by atoms with Crippen LogP contribution in [0.15, 0.2) is 48.5 Å². The second-order valence-electron chi connectivity index (χ2n) is 6.90. The molecule has 0 aliphatic heterocycles. The average molecular weight is 404 g/mol. The lowest BCUT2D eigenvalue weighted by Gasteiger charge is -2.18. The minimum atomic E-state index is -1.72. The molecule has 29 heavy (non-hydrogen) atoms. The molecule has 152 valence electrons. The lowest BCUT2D eigenvalue weighted by atomic mass is 9.95. The Morgan fingerprint density at radius 3 is 1.86 bits per heavy atom. The molecule has 1 atom stereocenters. The maximum atomic E-state index is 14.8. The van der Waals surface area contributed by atoms with E-state index in [1.165, 1.54) is 6.92 Å². The highest BCUT2D eigenvalue weighted by Gasteiger charge is 2.26. The molecule has 0 aliphatic carbocycles. The van der Waals surface area contributed by atoms with E-state index in [0.717, 1.165) is 42.7 Å². The molecule has 0 aromatic heterocycles. The van der Waals surface area contributed by atoms with Crippen molar-refractivity contribution < 1.29 is 27.7 Å². The van der Waals surface area contributed by atoms with Crippen LogP contribution in [0.1, 0.15) is 41.7 Å². The van der Waals surface area contributed by atoms with Crippen LogP contribution in [0.4, 0.5) is 17.6 Å². The van der Waals surface area contributed by atoms with Gasteiger partial charge in [0.25, 0.3) is 0 Å². The number of aryl methyl sites for hydroxylation is 1. The first-order chi connectivity index (χ1) is 13.8. The largest absolute Gasteiger partial charge is 0.251 e. The van der Waals surface area contributed by atoms with Gasteiger partial charge in [-0.3, -0.25) is 5.26 Å². The van der Waals surface area contributed by atoms with Gasteiger partial charge in [0.1, 0.15) is 29.4 Å². The van der Waals surface area contributed by atoms with E-state index in [2.05, 4.69) is 11.8 Å². The zero-order valence-electron chi connectivity index (χ0n) is 16.0. The molecule has 0 saturated heterocycles. The molecule has 0 radical (unpaired) electrons. The number of hydrogen-bond donors (Lipinski definition) is 1. The van der Waals surface area contributed by atoms with E-state index in [1.54, 1.807) is 12.1 Å². The molecule has 0 amide bonds. The minimum absolute atomic E-state index is 0.242. The molecule has 0 fully saturated rings. The fourth-order valence-electron chi connectivity index (χ4n) is 3.25. The maximum absolute atomic E-state index is 14.8. The van der Waals surface area contributed by atoms with Gasteiger partial charge < -0.3 is 0 Å². The number of halogens is 4. The number of hydrogen-bond acceptors (Lipinski definition) is 2. The highest BCUT2D eigenvalue weighted by atomic mass is 19.1. The SMILES string of the molecule is CCCc1ccc(-c2cc(F)c(C(OO)c3cc(F)c(C)c(F)c3)c(F)c2)cc1. The van der Waals surface area contributed by atoms with Crippen molar-refractivity contribution in [3.8, 4) is 11.1 Å². The molecule has 3 aromatic carbocycles. The smallest absolute Gasteiger partial charge is 0.149 e. The van der Waals surface area contributed by atoms with E-state index < -0.39 is 34.9 Å². The van der Waals surface area contributed by atoms with Crippen LogP contribution in [-0.4, -0.2) is 5.26 Å². The quantitative estimate of drug-likeness (QED) is 0.280. The van der Waals surface area contributed by atoms with Crippen molar-refractivity contribution in [2.45, 2.75) is 32.8 Å². The van der Waals surface area contributed by atoms with E-state index in [4.69, 9.17) is 0 Å². The summed E-state index contributed by atoms with van der Waals surface area (Å²) in [4.78, 5) is 4.21. The predicted molar refractivity (Wildman–Crippen MR) is 102 cm³/mol. The van der Waals surface area contributed by atoms with Gasteiger partial charge in [-0.25, -0.2) is 22.4 Å². The summed E-state index contributed by atoms with van der Waals surface area (Å²) < 4.78 is 57.3. The fraction of sp³-hybridized carbons (Fsp3) is 0.217. The highest BCUT2D eigenvalue weighted by molar-refractivity contribution is 5.64. The first-order valence-corrected chi connectivity index (χ1v) is 9.19. The van der Waals surface area contributed by atoms with Gasteiger partial charge in [0, 0.05) is 5.56 Å². The highest BCUT2D eigenvalue weighted by Crippen LogP contribution is 2.34. The van der Waals surface area contributed by atoms with Crippen molar-refractivity contribution in [3.63, 3.8) is 0 Å². The van der Waals surface area contributed by atoms with Gasteiger partial charge in [0.15, 0.2) is 0 Å². The molecule has 2 nitrogen and oxygen atoms in total. The Morgan fingerprint density at radius 1 is 0.828 bits per heavy atom. The van der Waals surface area contributed by atoms with Crippen molar-refractivity contribution in [1.29, 1.82) is 0 Å². The molecule has 0 saturated carbocycles. The van der Waals surface area contributed by atoms with E-state index in [0.29, 0.717) is 11.1 Å². The molecule has 0 aliphatic rings. The summed E-state index contributed by atoms with van der Waals surface area (Å²) >= 11 is 0. The first kappa shape index (κ1) is 21.0. The molecule has 3 aromatic rings. The Hall–Kier alpha value is -2.70. The van der Waals surface area contributed by atoms with Crippen molar-refractivity contribution in [3.05, 3.63) is 94.1 Å². The summed E-state index contributed by atoms with van der Waals surface area (Å²) in [7, 11) is 0. The first-order valence-electron chi connectivity index (χ1n) is 9.19. The summed E-state index contributed by atoms with van der Waals surface area (Å²) in [6, 6.07) is 11.3. The van der Waals surface area contributed by atoms with Crippen LogP contribution in [0.25, 0.3) is 11.1 Å². The standard InChI is InChI=1S/C23H20F4O2/c1-3-4-14-5-7-15(8-6-14)16-9-20(26)22(21(27)10-16)23(29-28)17-11-18(24)13(2)19(25)12-17/h5-12,23,28H,3-4H2,1-2H3. The summed E-state index contributed by atoms with van der Waals surface area (Å²) in [6.07, 6.45) is 0.168. The molecular formula is C23H20F4O2. The molecule has 0 spiro atoms. The Bertz CT molecular complexity index is 970. The molecule has 1 unspecified atom stereocenters. The third-order valence-electron chi connectivity index (χ3n) is 4.88. The Morgan fingerprint density at radius 2 is 1.38 bits per heavy atom. The summed E-state index contributed by atoms with van der Waals surface area (Å²) in [5, 5.41) is 9.22. The third-order valence-corrected chi connectivity index (χ3v) is 4.88. The summed E-state index contributed by atoms with van der Waals surface area (Å²) in [5.41, 5.74) is 0.899. The second kappa shape index (κ2) is 8.76. The van der Waals surface area contributed by atoms with Crippen LogP contribution < -0.4 is 0 Å². The van der Waals surface area contributed by atoms with Gasteiger partial charge in [-0.05, 0) is 59.9 Å². The number of benzene rings is 3. The fourth-order valence-corrected chi connectivity index (χ4v) is 3.25. The van der Waals surface area contributed by atoms with Crippen LogP contribution in [-0.2, 0) is 11.3 Å². The van der Waals surface area contributed by atoms with Crippen molar-refractivity contribution in [2.75, 3.05) is 0 Å². The van der Waals surface area contributed by atoms with Crippen LogP contribution in [0, 0.1) is 30.2 Å². The van der Waals surface area contributed by atoms with Gasteiger partial charge in [-0.15, -0.1) is 0 Å². The lowest BCUT2D eigenvalue weighted by molar-refractivity contribution is -0.271. The number of rotatable bonds is 6. The molecule has 3 rings (SSSR count). The Labute approximate surface area is 166 Å². The van der Waals surface area contributed by atoms with Gasteiger partial charge in [0.2, 0.25) is 0 Å². The van der Waals surface area contributed by atoms with Crippen LogP contribution >= 0.6 is 0 Å². The molecule has 0 heterocycles. The van der Waals surface area contributed by atoms with Crippen LogP contribution in [0.5, 0.6) is 0 Å². The topological polar surface area (TPSA) is 29.5 Å². The summed E-state index contributed by atoms with van der Waals surface area (Å²) in [6.45, 7) is 3.29. The van der Waals surface area contributed by atoms with Crippen LogP contribution in [0.3, 0.4) is 0 Å². The van der Waals surface area contributed by atoms with Crippen molar-refractivity contribution in [1.82, 2.24) is 0 Å². The lowest BCUT2D eigenvalue weighted by Crippen LogP contribution is -2.11. The summed E-state index contributed by atoms with van der Waals surface area (Å²) in [5.74, 6) is -3.82. The van der Waals surface area contributed by atoms with Gasteiger partial charge in [-0.1, -0.05) is 37.6 Å². The van der Waals surface area contributed by atoms with Gasteiger partial charge in [0.05, 0.1) is 5.56 Å². The van der Waals surface area contributed by atoms with Crippen LogP contribution in [0.2, 0.25) is 0 Å². The van der Waals surface area contributed by atoms with Gasteiger partial charge >= 0.3 is 0 Å². The Kier molecular flexibility index (Phi) is 6.35. The maximum Gasteiger partial charge on any atom is 0.149 e. The zero-order chi connectivity index (χ0) is 21.1. The minimum Gasteiger partial charge on any atom is -0.251 e. The normalized spacial score (nSPS) is 12.2. The van der Waals surface area contributed by atoms with Crippen molar-refractivity contribution >= 4 is 0 Å². The van der Waals surface area contributed by atoms with E-state index >= 15 is 0 Å². The van der Waals surface area contributed by atoms with Crippen molar-refractivity contribution in [2.24, 2.45) is 0 Å². The second-order valence-corrected chi connectivity index (χ2v) is 6.90. The average Bonchev–Trinajstić information content (AvgIpc) is 2.69. The van der Waals surface area contributed by atoms with E-state index in [1.807, 2.05) is 12.1 Å². The predicted octanol–water partition coefficient (Wildman–Crippen LogP) is 6.75. The molecular weight excluding hydrogens is 384 g/mol. The zero-order valence-corrected chi connectivity index (χ0v) is 16.0. The van der Waals surface area contributed by atoms with Gasteiger partial charge in [-0.2, -0.15) is 0 Å². The Balaban J connectivity index is 2.02. The molecule has 0 bridgehead atoms. The van der Waals surface area contributed by atoms with E-state index in [-0.39, 0.29) is 11.1 Å². The van der Waals surface area contributed by atoms with E-state index in [9.17, 15) is 22.8 Å². The third kappa shape index (κ3) is 4.33. The molecule has 1 N–H and O–H groups in total.